The summed E-state index contributed by atoms with van der Waals surface area (Å²) in [6, 6.07) is 16.9. The average molecular weight is 451 g/mol. The summed E-state index contributed by atoms with van der Waals surface area (Å²) in [6.07, 6.45) is 2.08. The van der Waals surface area contributed by atoms with Crippen molar-refractivity contribution in [2.45, 2.75) is 32.7 Å². The quantitative estimate of drug-likeness (QED) is 0.568. The van der Waals surface area contributed by atoms with Crippen LogP contribution in [0.4, 0.5) is 5.69 Å². The minimum atomic E-state index is -0.641. The summed E-state index contributed by atoms with van der Waals surface area (Å²) in [5, 5.41) is 8.26. The molecule has 0 aliphatic heterocycles. The van der Waals surface area contributed by atoms with Crippen LogP contribution in [0.3, 0.4) is 0 Å². The molecule has 0 aromatic heterocycles. The molecule has 2 N–H and O–H groups in total. The average Bonchev–Trinajstić information content (AvgIpc) is 3.13. The van der Waals surface area contributed by atoms with Gasteiger partial charge in [-0.05, 0) is 69.4 Å². The van der Waals surface area contributed by atoms with Gasteiger partial charge in [0.15, 0.2) is 0 Å². The molecule has 2 amide bonds. The minimum Gasteiger partial charge on any atom is -0.340 e. The highest BCUT2D eigenvalue weighted by Crippen LogP contribution is 2.35. The van der Waals surface area contributed by atoms with E-state index in [1.165, 1.54) is 16.5 Å². The molecule has 1 atom stereocenters. The number of carbonyl (C=O) groups excluding carboxylic acids is 2. The van der Waals surface area contributed by atoms with E-state index in [9.17, 15) is 9.59 Å². The van der Waals surface area contributed by atoms with Gasteiger partial charge in [-0.3, -0.25) is 9.59 Å². The van der Waals surface area contributed by atoms with Gasteiger partial charge < -0.3 is 10.6 Å². The van der Waals surface area contributed by atoms with Crippen LogP contribution in [0.2, 0.25) is 0 Å². The van der Waals surface area contributed by atoms with Gasteiger partial charge in [-0.1, -0.05) is 50.2 Å². The SMILES string of the molecule is CC(C)[C@H](NC(=O)c1ccccc1Br)C(=O)Nc1ccc2c3c(cccc13)CC2. The molecule has 4 nitrogen and oxygen atoms in total. The molecular formula is C24H23BrN2O2. The van der Waals surface area contributed by atoms with Crippen LogP contribution in [-0.4, -0.2) is 17.9 Å². The molecule has 0 unspecified atom stereocenters. The number of hydrogen-bond acceptors (Lipinski definition) is 2. The van der Waals surface area contributed by atoms with Crippen LogP contribution in [0.5, 0.6) is 0 Å². The van der Waals surface area contributed by atoms with Gasteiger partial charge in [-0.2, -0.15) is 0 Å². The number of halogens is 1. The highest BCUT2D eigenvalue weighted by molar-refractivity contribution is 9.10. The second kappa shape index (κ2) is 7.99. The van der Waals surface area contributed by atoms with E-state index < -0.39 is 6.04 Å². The smallest absolute Gasteiger partial charge is 0.253 e. The van der Waals surface area contributed by atoms with Crippen molar-refractivity contribution in [2.24, 2.45) is 5.92 Å². The molecule has 0 saturated carbocycles. The van der Waals surface area contributed by atoms with Crippen LogP contribution in [0.25, 0.3) is 10.8 Å². The lowest BCUT2D eigenvalue weighted by Gasteiger charge is -2.22. The van der Waals surface area contributed by atoms with Crippen LogP contribution < -0.4 is 10.6 Å². The van der Waals surface area contributed by atoms with Crippen molar-refractivity contribution in [2.75, 3.05) is 5.32 Å². The van der Waals surface area contributed by atoms with Gasteiger partial charge in [0.2, 0.25) is 5.91 Å². The van der Waals surface area contributed by atoms with Gasteiger partial charge >= 0.3 is 0 Å². The Kier molecular flexibility index (Phi) is 5.41. The molecular weight excluding hydrogens is 428 g/mol. The van der Waals surface area contributed by atoms with Crippen molar-refractivity contribution in [3.8, 4) is 0 Å². The maximum atomic E-state index is 13.1. The van der Waals surface area contributed by atoms with Gasteiger partial charge in [-0.15, -0.1) is 0 Å². The molecule has 0 fully saturated rings. The predicted octanol–water partition coefficient (Wildman–Crippen LogP) is 5.09. The topological polar surface area (TPSA) is 58.2 Å². The monoisotopic (exact) mass is 450 g/mol. The Morgan fingerprint density at radius 2 is 1.66 bits per heavy atom. The number of benzene rings is 3. The first-order chi connectivity index (χ1) is 14.0. The van der Waals surface area contributed by atoms with E-state index in [1.807, 2.05) is 44.2 Å². The standard InChI is InChI=1S/C24H23BrN2O2/c1-14(2)22(27-23(28)17-7-3-4-9-19(17)25)24(29)26-20-13-12-16-11-10-15-6-5-8-18(20)21(15)16/h3-9,12-14,22H,10-11H2,1-2H3,(H,26,29)(H,27,28)/t22-/m0/s1. The maximum Gasteiger partial charge on any atom is 0.253 e. The van der Waals surface area contributed by atoms with Crippen molar-refractivity contribution in [3.05, 3.63) is 75.8 Å². The lowest BCUT2D eigenvalue weighted by Crippen LogP contribution is -2.47. The van der Waals surface area contributed by atoms with Crippen molar-refractivity contribution in [3.63, 3.8) is 0 Å². The van der Waals surface area contributed by atoms with E-state index in [1.54, 1.807) is 12.1 Å². The molecule has 29 heavy (non-hydrogen) atoms. The maximum absolute atomic E-state index is 13.1. The number of carbonyl (C=O) groups is 2. The fourth-order valence-electron chi connectivity index (χ4n) is 3.97. The molecule has 4 rings (SSSR count). The number of hydrogen-bond donors (Lipinski definition) is 2. The fraction of sp³-hybridized carbons (Fsp3) is 0.250. The summed E-state index contributed by atoms with van der Waals surface area (Å²) >= 11 is 3.40. The lowest BCUT2D eigenvalue weighted by atomic mass is 10.0. The van der Waals surface area contributed by atoms with E-state index in [-0.39, 0.29) is 17.7 Å². The third-order valence-corrected chi connectivity index (χ3v) is 6.18. The number of nitrogens with one attached hydrogen (secondary N) is 2. The van der Waals surface area contributed by atoms with E-state index in [4.69, 9.17) is 0 Å². The first-order valence-electron chi connectivity index (χ1n) is 9.85. The highest BCUT2D eigenvalue weighted by atomic mass is 79.9. The molecule has 1 aliphatic rings. The summed E-state index contributed by atoms with van der Waals surface area (Å²) in [5.41, 5.74) is 3.96. The Bertz CT molecular complexity index is 1100. The Balaban J connectivity index is 1.59. The first kappa shape index (κ1) is 19.6. The Morgan fingerprint density at radius 3 is 2.38 bits per heavy atom. The van der Waals surface area contributed by atoms with Gasteiger partial charge in [0, 0.05) is 15.5 Å². The molecule has 3 aromatic rings. The molecule has 148 valence electrons. The zero-order valence-electron chi connectivity index (χ0n) is 16.5. The largest absolute Gasteiger partial charge is 0.340 e. The van der Waals surface area contributed by atoms with Crippen molar-refractivity contribution < 1.29 is 9.59 Å². The van der Waals surface area contributed by atoms with Crippen LogP contribution >= 0.6 is 15.9 Å². The number of aryl methyl sites for hydroxylation is 2. The van der Waals surface area contributed by atoms with Crippen LogP contribution in [0, 0.1) is 5.92 Å². The molecule has 3 aromatic carbocycles. The third kappa shape index (κ3) is 3.79. The van der Waals surface area contributed by atoms with Crippen molar-refractivity contribution >= 4 is 44.2 Å². The van der Waals surface area contributed by atoms with Gasteiger partial charge in [-0.25, -0.2) is 0 Å². The molecule has 5 heteroatoms. The molecule has 0 saturated heterocycles. The fourth-order valence-corrected chi connectivity index (χ4v) is 4.43. The second-order valence-corrected chi connectivity index (χ2v) is 8.63. The Morgan fingerprint density at radius 1 is 0.931 bits per heavy atom. The van der Waals surface area contributed by atoms with Crippen molar-refractivity contribution in [1.82, 2.24) is 5.32 Å². The zero-order valence-corrected chi connectivity index (χ0v) is 18.0. The number of rotatable bonds is 5. The lowest BCUT2D eigenvalue weighted by molar-refractivity contribution is -0.118. The molecule has 0 spiro atoms. The minimum absolute atomic E-state index is 0.0572. The summed E-state index contributed by atoms with van der Waals surface area (Å²) in [6.45, 7) is 3.86. The number of amides is 2. The van der Waals surface area contributed by atoms with Gasteiger partial charge in [0.25, 0.3) is 5.91 Å². The van der Waals surface area contributed by atoms with E-state index in [0.29, 0.717) is 10.0 Å². The summed E-state index contributed by atoms with van der Waals surface area (Å²) < 4.78 is 0.702. The van der Waals surface area contributed by atoms with E-state index in [2.05, 4.69) is 38.7 Å². The first-order valence-corrected chi connectivity index (χ1v) is 10.6. The Labute approximate surface area is 178 Å². The van der Waals surface area contributed by atoms with Crippen LogP contribution in [0.1, 0.15) is 35.3 Å². The predicted molar refractivity (Wildman–Crippen MR) is 120 cm³/mol. The third-order valence-electron chi connectivity index (χ3n) is 5.49. The van der Waals surface area contributed by atoms with Gasteiger partial charge in [0.05, 0.1) is 5.56 Å². The van der Waals surface area contributed by atoms with E-state index in [0.717, 1.165) is 23.9 Å². The highest BCUT2D eigenvalue weighted by Gasteiger charge is 2.26. The normalized spacial score (nSPS) is 13.5. The zero-order chi connectivity index (χ0) is 20.5. The van der Waals surface area contributed by atoms with E-state index >= 15 is 0 Å². The Hall–Kier alpha value is -2.66. The van der Waals surface area contributed by atoms with Crippen LogP contribution in [0.15, 0.2) is 59.1 Å². The molecule has 0 radical (unpaired) electrons. The second-order valence-electron chi connectivity index (χ2n) is 7.78. The summed E-state index contributed by atoms with van der Waals surface area (Å²) in [7, 11) is 0. The molecule has 1 aliphatic carbocycles. The number of anilines is 1. The molecule has 0 heterocycles. The summed E-state index contributed by atoms with van der Waals surface area (Å²) in [4.78, 5) is 25.8. The molecule has 0 bridgehead atoms. The summed E-state index contributed by atoms with van der Waals surface area (Å²) in [5.74, 6) is -0.538. The van der Waals surface area contributed by atoms with Gasteiger partial charge in [0.1, 0.15) is 6.04 Å². The van der Waals surface area contributed by atoms with Crippen LogP contribution in [-0.2, 0) is 17.6 Å². The van der Waals surface area contributed by atoms with Crippen molar-refractivity contribution in [1.29, 1.82) is 0 Å².